The van der Waals surface area contributed by atoms with Gasteiger partial charge in [0.1, 0.15) is 18.0 Å². The molecular formula is C19H18N2O3. The molecule has 0 saturated heterocycles. The Hall–Kier alpha value is -3.00. The molecule has 2 aromatic rings. The van der Waals surface area contributed by atoms with Gasteiger partial charge >= 0.3 is 0 Å². The van der Waals surface area contributed by atoms with Gasteiger partial charge in [0.25, 0.3) is 5.91 Å². The van der Waals surface area contributed by atoms with Crippen LogP contribution >= 0.6 is 0 Å². The number of phenols is 1. The zero-order valence-electron chi connectivity index (χ0n) is 13.4. The predicted octanol–water partition coefficient (Wildman–Crippen LogP) is 2.81. The third kappa shape index (κ3) is 3.04. The molecule has 0 fully saturated rings. The summed E-state index contributed by atoms with van der Waals surface area (Å²) in [6.45, 7) is 2.01. The first kappa shape index (κ1) is 15.9. The summed E-state index contributed by atoms with van der Waals surface area (Å²) in [6.07, 6.45) is 0.722. The number of nitrogens with zero attached hydrogens (tertiary/aromatic N) is 2. The molecule has 1 atom stereocenters. The molecule has 5 nitrogen and oxygen atoms in total. The van der Waals surface area contributed by atoms with E-state index in [2.05, 4.69) is 6.92 Å². The normalized spacial score (nSPS) is 16.2. The van der Waals surface area contributed by atoms with Crippen molar-refractivity contribution in [1.82, 2.24) is 0 Å². The SMILES string of the molecule is CCc1ccc(CC2Oc3ccc(O)cc3N(CC#N)C2=O)cc1. The zero-order chi connectivity index (χ0) is 17.1. The molecule has 2 aromatic carbocycles. The molecule has 0 aliphatic carbocycles. The van der Waals surface area contributed by atoms with Crippen LogP contribution in [-0.4, -0.2) is 23.7 Å². The van der Waals surface area contributed by atoms with Gasteiger partial charge in [-0.05, 0) is 29.7 Å². The molecule has 0 saturated carbocycles. The van der Waals surface area contributed by atoms with E-state index >= 15 is 0 Å². The lowest BCUT2D eigenvalue weighted by atomic mass is 10.0. The number of rotatable bonds is 4. The van der Waals surface area contributed by atoms with E-state index in [0.29, 0.717) is 17.9 Å². The number of hydrogen-bond acceptors (Lipinski definition) is 4. The van der Waals surface area contributed by atoms with Crippen molar-refractivity contribution < 1.29 is 14.6 Å². The summed E-state index contributed by atoms with van der Waals surface area (Å²) in [5.74, 6) is 0.258. The van der Waals surface area contributed by atoms with Crippen molar-refractivity contribution in [1.29, 1.82) is 5.26 Å². The van der Waals surface area contributed by atoms with Gasteiger partial charge in [0, 0.05) is 12.5 Å². The Morgan fingerprint density at radius 2 is 1.92 bits per heavy atom. The number of aryl methyl sites for hydroxylation is 1. The van der Waals surface area contributed by atoms with Crippen LogP contribution in [0.1, 0.15) is 18.1 Å². The van der Waals surface area contributed by atoms with Crippen LogP contribution < -0.4 is 9.64 Å². The molecule has 0 radical (unpaired) electrons. The van der Waals surface area contributed by atoms with Crippen LogP contribution in [0.15, 0.2) is 42.5 Å². The Labute approximate surface area is 140 Å². The fourth-order valence-corrected chi connectivity index (χ4v) is 2.80. The highest BCUT2D eigenvalue weighted by Gasteiger charge is 2.34. The lowest BCUT2D eigenvalue weighted by Crippen LogP contribution is -2.47. The standard InChI is InChI=1S/C19H18N2O3/c1-2-13-3-5-14(6-4-13)11-18-19(23)21(10-9-20)16-12-15(22)7-8-17(16)24-18/h3-8,12,18,22H,2,10-11H2,1H3. The summed E-state index contributed by atoms with van der Waals surface area (Å²) in [6, 6.07) is 14.6. The topological polar surface area (TPSA) is 73.6 Å². The minimum absolute atomic E-state index is 0.0293. The number of aromatic hydroxyl groups is 1. The van der Waals surface area contributed by atoms with E-state index in [1.165, 1.54) is 22.6 Å². The number of amides is 1. The molecule has 0 aromatic heterocycles. The van der Waals surface area contributed by atoms with Gasteiger partial charge in [-0.15, -0.1) is 0 Å². The molecule has 24 heavy (non-hydrogen) atoms. The van der Waals surface area contributed by atoms with Crippen LogP contribution in [0.3, 0.4) is 0 Å². The lowest BCUT2D eigenvalue weighted by Gasteiger charge is -2.33. The minimum atomic E-state index is -0.678. The van der Waals surface area contributed by atoms with E-state index in [0.717, 1.165) is 12.0 Å². The highest BCUT2D eigenvalue weighted by molar-refractivity contribution is 6.00. The number of benzene rings is 2. The minimum Gasteiger partial charge on any atom is -0.508 e. The van der Waals surface area contributed by atoms with Crippen molar-refractivity contribution in [2.75, 3.05) is 11.4 Å². The number of carbonyl (C=O) groups excluding carboxylic acids is 1. The van der Waals surface area contributed by atoms with Crippen LogP contribution in [0.4, 0.5) is 5.69 Å². The van der Waals surface area contributed by atoms with Crippen LogP contribution in [0, 0.1) is 11.3 Å². The van der Waals surface area contributed by atoms with Crippen molar-refractivity contribution >= 4 is 11.6 Å². The number of fused-ring (bicyclic) bond motifs is 1. The molecule has 1 N–H and O–H groups in total. The second-order valence-corrected chi connectivity index (χ2v) is 5.72. The Bertz CT molecular complexity index is 793. The molecule has 122 valence electrons. The van der Waals surface area contributed by atoms with Crippen LogP contribution in [0.2, 0.25) is 0 Å². The van der Waals surface area contributed by atoms with Crippen molar-refractivity contribution in [3.63, 3.8) is 0 Å². The van der Waals surface area contributed by atoms with Gasteiger partial charge in [-0.1, -0.05) is 31.2 Å². The van der Waals surface area contributed by atoms with Gasteiger partial charge < -0.3 is 9.84 Å². The molecule has 1 amide bonds. The Kier molecular flexibility index (Phi) is 4.39. The van der Waals surface area contributed by atoms with E-state index in [9.17, 15) is 9.90 Å². The molecule has 1 unspecified atom stereocenters. The first-order valence-corrected chi connectivity index (χ1v) is 7.88. The molecule has 5 heteroatoms. The molecule has 0 spiro atoms. The fraction of sp³-hybridized carbons (Fsp3) is 0.263. The third-order valence-corrected chi connectivity index (χ3v) is 4.13. The summed E-state index contributed by atoms with van der Waals surface area (Å²) in [7, 11) is 0. The smallest absolute Gasteiger partial charge is 0.269 e. The Balaban J connectivity index is 1.88. The molecule has 1 heterocycles. The molecule has 0 bridgehead atoms. The van der Waals surface area contributed by atoms with E-state index in [-0.39, 0.29) is 18.2 Å². The van der Waals surface area contributed by atoms with Crippen LogP contribution in [0.25, 0.3) is 0 Å². The quantitative estimate of drug-likeness (QED) is 0.879. The van der Waals surface area contributed by atoms with E-state index in [1.807, 2.05) is 30.3 Å². The van der Waals surface area contributed by atoms with Gasteiger partial charge in [0.2, 0.25) is 0 Å². The van der Waals surface area contributed by atoms with Crippen LogP contribution in [0.5, 0.6) is 11.5 Å². The average Bonchev–Trinajstić information content (AvgIpc) is 2.60. The van der Waals surface area contributed by atoms with Crippen molar-refractivity contribution in [3.8, 4) is 17.6 Å². The van der Waals surface area contributed by atoms with Gasteiger partial charge in [-0.2, -0.15) is 5.26 Å². The number of nitriles is 1. The summed E-state index contributed by atoms with van der Waals surface area (Å²) >= 11 is 0. The molecule has 1 aliphatic heterocycles. The van der Waals surface area contributed by atoms with Gasteiger partial charge in [0.15, 0.2) is 6.10 Å². The number of ether oxygens (including phenoxy) is 1. The van der Waals surface area contributed by atoms with E-state index in [4.69, 9.17) is 10.00 Å². The average molecular weight is 322 g/mol. The largest absolute Gasteiger partial charge is 0.508 e. The molecule has 3 rings (SSSR count). The van der Waals surface area contributed by atoms with Crippen molar-refractivity contribution in [3.05, 3.63) is 53.6 Å². The van der Waals surface area contributed by atoms with E-state index < -0.39 is 6.10 Å². The van der Waals surface area contributed by atoms with Gasteiger partial charge in [0.05, 0.1) is 11.8 Å². The third-order valence-electron chi connectivity index (χ3n) is 4.13. The maximum absolute atomic E-state index is 12.7. The van der Waals surface area contributed by atoms with Gasteiger partial charge in [-0.3, -0.25) is 9.69 Å². The predicted molar refractivity (Wildman–Crippen MR) is 90.0 cm³/mol. The van der Waals surface area contributed by atoms with Crippen molar-refractivity contribution in [2.24, 2.45) is 0 Å². The summed E-state index contributed by atoms with van der Waals surface area (Å²) in [5.41, 5.74) is 2.67. The monoisotopic (exact) mass is 322 g/mol. The first-order chi connectivity index (χ1) is 11.6. The zero-order valence-corrected chi connectivity index (χ0v) is 13.4. The summed E-state index contributed by atoms with van der Waals surface area (Å²) < 4.78 is 5.82. The Morgan fingerprint density at radius 3 is 2.58 bits per heavy atom. The second kappa shape index (κ2) is 6.63. The highest BCUT2D eigenvalue weighted by Crippen LogP contribution is 2.37. The molecular weight excluding hydrogens is 304 g/mol. The lowest BCUT2D eigenvalue weighted by molar-refractivity contribution is -0.126. The second-order valence-electron chi connectivity index (χ2n) is 5.72. The maximum atomic E-state index is 12.7. The number of hydrogen-bond donors (Lipinski definition) is 1. The summed E-state index contributed by atoms with van der Waals surface area (Å²) in [5, 5.41) is 18.7. The van der Waals surface area contributed by atoms with Gasteiger partial charge in [-0.25, -0.2) is 0 Å². The summed E-state index contributed by atoms with van der Waals surface area (Å²) in [4.78, 5) is 14.0. The maximum Gasteiger partial charge on any atom is 0.269 e. The number of anilines is 1. The first-order valence-electron chi connectivity index (χ1n) is 7.88. The van der Waals surface area contributed by atoms with Crippen LogP contribution in [-0.2, 0) is 17.6 Å². The molecule has 1 aliphatic rings. The van der Waals surface area contributed by atoms with Crippen molar-refractivity contribution in [2.45, 2.75) is 25.9 Å². The van der Waals surface area contributed by atoms with E-state index in [1.54, 1.807) is 6.07 Å². The Morgan fingerprint density at radius 1 is 1.21 bits per heavy atom. The number of carbonyl (C=O) groups is 1. The highest BCUT2D eigenvalue weighted by atomic mass is 16.5. The number of phenolic OH excluding ortho intramolecular Hbond substituents is 1. The fourth-order valence-electron chi connectivity index (χ4n) is 2.80.